The smallest absolute Gasteiger partial charge is 0.202 e. The van der Waals surface area contributed by atoms with Crippen molar-refractivity contribution < 1.29 is 0 Å². The molecular formula is C25H20Cl2N6. The lowest BCUT2D eigenvalue weighted by atomic mass is 10.1. The van der Waals surface area contributed by atoms with Gasteiger partial charge in [-0.3, -0.25) is 4.57 Å². The van der Waals surface area contributed by atoms with Gasteiger partial charge >= 0.3 is 0 Å². The molecular weight excluding hydrogens is 455 g/mol. The van der Waals surface area contributed by atoms with E-state index in [9.17, 15) is 0 Å². The van der Waals surface area contributed by atoms with Crippen LogP contribution >= 0.6 is 23.2 Å². The van der Waals surface area contributed by atoms with Gasteiger partial charge in [0.15, 0.2) is 5.65 Å². The van der Waals surface area contributed by atoms with Crippen LogP contribution in [-0.4, -0.2) is 24.5 Å². The van der Waals surface area contributed by atoms with Gasteiger partial charge in [0.05, 0.1) is 32.7 Å². The first kappa shape index (κ1) is 20.3. The number of imidazole rings is 2. The van der Waals surface area contributed by atoms with Gasteiger partial charge in [-0.25, -0.2) is 15.0 Å². The molecule has 0 aliphatic heterocycles. The number of nitrogen functional groups attached to an aromatic ring is 1. The molecule has 6 rings (SSSR count). The van der Waals surface area contributed by atoms with Gasteiger partial charge in [-0.1, -0.05) is 59.6 Å². The van der Waals surface area contributed by atoms with Crippen molar-refractivity contribution in [3.8, 4) is 34.0 Å². The highest BCUT2D eigenvalue weighted by Crippen LogP contribution is 2.38. The molecule has 0 atom stereocenters. The van der Waals surface area contributed by atoms with E-state index in [0.717, 1.165) is 40.4 Å². The van der Waals surface area contributed by atoms with E-state index in [0.29, 0.717) is 33.3 Å². The molecule has 164 valence electrons. The number of rotatable bonds is 5. The molecule has 1 aliphatic carbocycles. The molecule has 0 saturated heterocycles. The Morgan fingerprint density at radius 3 is 2.39 bits per heavy atom. The zero-order valence-electron chi connectivity index (χ0n) is 17.6. The Balaban J connectivity index is 1.55. The number of nitrogens with zero attached hydrogens (tertiary/aromatic N) is 4. The minimum absolute atomic E-state index is 0.498. The molecule has 5 aromatic rings. The normalized spacial score (nSPS) is 13.6. The molecule has 3 aromatic heterocycles. The third kappa shape index (κ3) is 3.65. The van der Waals surface area contributed by atoms with Gasteiger partial charge in [-0.2, -0.15) is 0 Å². The zero-order chi connectivity index (χ0) is 22.5. The molecule has 33 heavy (non-hydrogen) atoms. The minimum atomic E-state index is 0.498. The van der Waals surface area contributed by atoms with Crippen molar-refractivity contribution in [3.05, 3.63) is 70.7 Å². The highest BCUT2D eigenvalue weighted by Gasteiger charge is 2.25. The topological polar surface area (TPSA) is 85.4 Å². The maximum Gasteiger partial charge on any atom is 0.202 e. The van der Waals surface area contributed by atoms with Gasteiger partial charge in [-0.15, -0.1) is 0 Å². The number of pyridine rings is 1. The van der Waals surface area contributed by atoms with E-state index in [1.54, 1.807) is 12.1 Å². The van der Waals surface area contributed by atoms with E-state index in [2.05, 4.69) is 9.97 Å². The lowest BCUT2D eigenvalue weighted by Crippen LogP contribution is -2.05. The fourth-order valence-electron chi connectivity index (χ4n) is 4.10. The Morgan fingerprint density at radius 2 is 1.67 bits per heavy atom. The SMILES string of the molecule is Nc1nc2ccc(-c3[nH]c(-c4c(Cl)cccc4Cl)nc3-c3ccccc3)nc2n1CC1CC1. The van der Waals surface area contributed by atoms with Crippen molar-refractivity contribution in [2.45, 2.75) is 19.4 Å². The summed E-state index contributed by atoms with van der Waals surface area (Å²) in [5.74, 6) is 1.74. The summed E-state index contributed by atoms with van der Waals surface area (Å²) in [6.45, 7) is 0.841. The van der Waals surface area contributed by atoms with E-state index in [4.69, 9.17) is 38.9 Å². The summed E-state index contributed by atoms with van der Waals surface area (Å²) in [5, 5.41) is 1.06. The number of hydrogen-bond acceptors (Lipinski definition) is 4. The van der Waals surface area contributed by atoms with Gasteiger partial charge in [0.2, 0.25) is 5.95 Å². The van der Waals surface area contributed by atoms with Crippen LogP contribution in [0.15, 0.2) is 60.7 Å². The van der Waals surface area contributed by atoms with Gasteiger partial charge in [0.25, 0.3) is 0 Å². The fraction of sp³-hybridized carbons (Fsp3) is 0.160. The minimum Gasteiger partial charge on any atom is -0.369 e. The largest absolute Gasteiger partial charge is 0.369 e. The third-order valence-electron chi connectivity index (χ3n) is 5.97. The van der Waals surface area contributed by atoms with Crippen molar-refractivity contribution >= 4 is 40.3 Å². The van der Waals surface area contributed by atoms with Crippen LogP contribution in [0.5, 0.6) is 0 Å². The summed E-state index contributed by atoms with van der Waals surface area (Å²) in [5.41, 5.74) is 11.7. The van der Waals surface area contributed by atoms with Crippen LogP contribution in [0, 0.1) is 5.92 Å². The van der Waals surface area contributed by atoms with Crippen molar-refractivity contribution in [3.63, 3.8) is 0 Å². The van der Waals surface area contributed by atoms with Crippen molar-refractivity contribution in [1.29, 1.82) is 0 Å². The first-order valence-corrected chi connectivity index (χ1v) is 11.6. The molecule has 0 unspecified atom stereocenters. The number of nitrogens with one attached hydrogen (secondary N) is 1. The van der Waals surface area contributed by atoms with Crippen molar-refractivity contribution in [2.24, 2.45) is 5.92 Å². The third-order valence-corrected chi connectivity index (χ3v) is 6.60. The average molecular weight is 475 g/mol. The lowest BCUT2D eigenvalue weighted by Gasteiger charge is -2.06. The van der Waals surface area contributed by atoms with Crippen molar-refractivity contribution in [1.82, 2.24) is 24.5 Å². The van der Waals surface area contributed by atoms with E-state index >= 15 is 0 Å². The van der Waals surface area contributed by atoms with Crippen molar-refractivity contribution in [2.75, 3.05) is 5.73 Å². The maximum absolute atomic E-state index is 6.49. The number of H-pyrrole nitrogens is 1. The molecule has 0 radical (unpaired) electrons. The molecule has 0 spiro atoms. The summed E-state index contributed by atoms with van der Waals surface area (Å²) in [6.07, 6.45) is 2.44. The predicted octanol–water partition coefficient (Wildman–Crippen LogP) is 6.45. The molecule has 3 heterocycles. The standard InChI is InChI=1S/C25H20Cl2N6/c26-16-7-4-8-17(27)20(16)23-31-21(15-5-2-1-3-6-15)22(32-23)18-11-12-19-24(29-18)33(25(28)30-19)13-14-9-10-14/h1-8,11-12,14H,9-10,13H2,(H2,28,30)(H,31,32). The first-order chi connectivity index (χ1) is 16.1. The van der Waals surface area contributed by atoms with E-state index in [1.165, 1.54) is 12.8 Å². The quantitative estimate of drug-likeness (QED) is 0.306. The van der Waals surface area contributed by atoms with E-state index in [1.807, 2.05) is 53.1 Å². The summed E-state index contributed by atoms with van der Waals surface area (Å²) in [4.78, 5) is 17.8. The van der Waals surface area contributed by atoms with Crippen LogP contribution in [0.2, 0.25) is 10.0 Å². The van der Waals surface area contributed by atoms with Crippen LogP contribution < -0.4 is 5.73 Å². The molecule has 1 aliphatic rings. The van der Waals surface area contributed by atoms with Crippen LogP contribution in [0.4, 0.5) is 5.95 Å². The number of aromatic amines is 1. The number of nitrogens with two attached hydrogens (primary N) is 1. The average Bonchev–Trinajstić information content (AvgIpc) is 3.45. The Bertz CT molecular complexity index is 1460. The highest BCUT2D eigenvalue weighted by atomic mass is 35.5. The van der Waals surface area contributed by atoms with Gasteiger partial charge in [-0.05, 0) is 43.0 Å². The molecule has 1 saturated carbocycles. The summed E-state index contributed by atoms with van der Waals surface area (Å²) in [6, 6.07) is 19.3. The summed E-state index contributed by atoms with van der Waals surface area (Å²) < 4.78 is 2.01. The molecule has 8 heteroatoms. The Kier molecular flexibility index (Phi) is 4.85. The molecule has 6 nitrogen and oxygen atoms in total. The van der Waals surface area contributed by atoms with Gasteiger partial charge in [0.1, 0.15) is 11.3 Å². The second kappa shape index (κ2) is 7.90. The van der Waals surface area contributed by atoms with E-state index < -0.39 is 0 Å². The Hall–Kier alpha value is -3.35. The number of halogens is 2. The number of benzene rings is 2. The Morgan fingerprint density at radius 1 is 0.909 bits per heavy atom. The summed E-state index contributed by atoms with van der Waals surface area (Å²) in [7, 11) is 0. The molecule has 2 aromatic carbocycles. The number of hydrogen-bond donors (Lipinski definition) is 2. The molecule has 0 bridgehead atoms. The maximum atomic E-state index is 6.49. The van der Waals surface area contributed by atoms with Crippen LogP contribution in [0.3, 0.4) is 0 Å². The number of fused-ring (bicyclic) bond motifs is 1. The van der Waals surface area contributed by atoms with Crippen LogP contribution in [-0.2, 0) is 6.54 Å². The number of anilines is 1. The zero-order valence-corrected chi connectivity index (χ0v) is 19.1. The molecule has 3 N–H and O–H groups in total. The van der Waals surface area contributed by atoms with E-state index in [-0.39, 0.29) is 0 Å². The molecule has 1 fully saturated rings. The second-order valence-corrected chi connectivity index (χ2v) is 9.15. The van der Waals surface area contributed by atoms with Gasteiger partial charge < -0.3 is 10.7 Å². The number of aromatic nitrogens is 5. The lowest BCUT2D eigenvalue weighted by molar-refractivity contribution is 0.646. The monoisotopic (exact) mass is 474 g/mol. The van der Waals surface area contributed by atoms with Crippen LogP contribution in [0.25, 0.3) is 45.2 Å². The first-order valence-electron chi connectivity index (χ1n) is 10.8. The highest BCUT2D eigenvalue weighted by molar-refractivity contribution is 6.39. The second-order valence-electron chi connectivity index (χ2n) is 8.33. The summed E-state index contributed by atoms with van der Waals surface area (Å²) >= 11 is 13.0. The van der Waals surface area contributed by atoms with Crippen LogP contribution in [0.1, 0.15) is 12.8 Å². The molecule has 0 amide bonds. The predicted molar refractivity (Wildman–Crippen MR) is 133 cm³/mol. The Labute approximate surface area is 200 Å². The van der Waals surface area contributed by atoms with Gasteiger partial charge in [0, 0.05) is 12.1 Å². The fourth-order valence-corrected chi connectivity index (χ4v) is 4.68.